The SMILES string of the molecule is CCNC(C)CC(=O)N[C@H](C)c1ccccc1. The summed E-state index contributed by atoms with van der Waals surface area (Å²) in [5.41, 5.74) is 1.14. The van der Waals surface area contributed by atoms with Gasteiger partial charge in [-0.1, -0.05) is 37.3 Å². The maximum Gasteiger partial charge on any atom is 0.222 e. The zero-order chi connectivity index (χ0) is 12.7. The van der Waals surface area contributed by atoms with E-state index in [2.05, 4.69) is 10.6 Å². The first-order valence-corrected chi connectivity index (χ1v) is 6.21. The lowest BCUT2D eigenvalue weighted by molar-refractivity contribution is -0.122. The molecule has 0 aromatic heterocycles. The molecule has 0 saturated heterocycles. The van der Waals surface area contributed by atoms with Crippen molar-refractivity contribution in [3.05, 3.63) is 35.9 Å². The highest BCUT2D eigenvalue weighted by atomic mass is 16.1. The van der Waals surface area contributed by atoms with Gasteiger partial charge >= 0.3 is 0 Å². The fourth-order valence-electron chi connectivity index (χ4n) is 1.82. The van der Waals surface area contributed by atoms with Crippen LogP contribution >= 0.6 is 0 Å². The van der Waals surface area contributed by atoms with E-state index in [1.54, 1.807) is 0 Å². The zero-order valence-electron chi connectivity index (χ0n) is 10.9. The molecule has 1 aromatic rings. The minimum absolute atomic E-state index is 0.0672. The first kappa shape index (κ1) is 13.7. The van der Waals surface area contributed by atoms with Crippen molar-refractivity contribution >= 4 is 5.91 Å². The van der Waals surface area contributed by atoms with Gasteiger partial charge in [0.05, 0.1) is 6.04 Å². The van der Waals surface area contributed by atoms with E-state index in [9.17, 15) is 4.79 Å². The van der Waals surface area contributed by atoms with Gasteiger partial charge in [-0.05, 0) is 26.0 Å². The molecule has 0 aliphatic heterocycles. The lowest BCUT2D eigenvalue weighted by Gasteiger charge is -2.17. The molecule has 2 atom stereocenters. The lowest BCUT2D eigenvalue weighted by atomic mass is 10.1. The minimum atomic E-state index is 0.0672. The van der Waals surface area contributed by atoms with Gasteiger partial charge in [-0.25, -0.2) is 0 Å². The summed E-state index contributed by atoms with van der Waals surface area (Å²) in [4.78, 5) is 11.8. The van der Waals surface area contributed by atoms with Crippen LogP contribution in [0.15, 0.2) is 30.3 Å². The molecule has 0 fully saturated rings. The summed E-state index contributed by atoms with van der Waals surface area (Å²) in [7, 11) is 0. The normalized spacial score (nSPS) is 14.1. The van der Waals surface area contributed by atoms with Crippen molar-refractivity contribution in [1.82, 2.24) is 10.6 Å². The van der Waals surface area contributed by atoms with Crippen LogP contribution in [0.3, 0.4) is 0 Å². The Labute approximate surface area is 104 Å². The quantitative estimate of drug-likeness (QED) is 0.792. The van der Waals surface area contributed by atoms with Crippen LogP contribution < -0.4 is 10.6 Å². The van der Waals surface area contributed by atoms with Gasteiger partial charge in [0.1, 0.15) is 0 Å². The van der Waals surface area contributed by atoms with Crippen LogP contribution in [0.1, 0.15) is 38.8 Å². The van der Waals surface area contributed by atoms with Crippen molar-refractivity contribution in [2.24, 2.45) is 0 Å². The van der Waals surface area contributed by atoms with Crippen LogP contribution in [-0.4, -0.2) is 18.5 Å². The molecule has 0 radical (unpaired) electrons. The molecule has 17 heavy (non-hydrogen) atoms. The van der Waals surface area contributed by atoms with Gasteiger partial charge in [0.25, 0.3) is 0 Å². The van der Waals surface area contributed by atoms with E-state index in [1.165, 1.54) is 0 Å². The summed E-state index contributed by atoms with van der Waals surface area (Å²) in [6, 6.07) is 10.3. The van der Waals surface area contributed by atoms with Crippen molar-refractivity contribution in [2.45, 2.75) is 39.3 Å². The Morgan fingerprint density at radius 2 is 1.88 bits per heavy atom. The number of hydrogen-bond donors (Lipinski definition) is 2. The molecule has 1 aromatic carbocycles. The van der Waals surface area contributed by atoms with E-state index >= 15 is 0 Å². The summed E-state index contributed by atoms with van der Waals surface area (Å²) in [5.74, 6) is 0.0924. The summed E-state index contributed by atoms with van der Waals surface area (Å²) < 4.78 is 0. The molecular weight excluding hydrogens is 212 g/mol. The number of rotatable bonds is 6. The van der Waals surface area contributed by atoms with Crippen LogP contribution in [0.5, 0.6) is 0 Å². The average Bonchev–Trinajstić information content (AvgIpc) is 2.30. The first-order chi connectivity index (χ1) is 8.13. The number of amides is 1. The summed E-state index contributed by atoms with van der Waals surface area (Å²) >= 11 is 0. The molecule has 0 saturated carbocycles. The number of carbonyl (C=O) groups is 1. The molecule has 94 valence electrons. The molecule has 1 amide bonds. The van der Waals surface area contributed by atoms with Crippen molar-refractivity contribution in [3.63, 3.8) is 0 Å². The van der Waals surface area contributed by atoms with Crippen molar-refractivity contribution in [2.75, 3.05) is 6.54 Å². The molecule has 0 spiro atoms. The summed E-state index contributed by atoms with van der Waals surface area (Å²) in [5, 5.41) is 6.24. The lowest BCUT2D eigenvalue weighted by Crippen LogP contribution is -2.34. The topological polar surface area (TPSA) is 41.1 Å². The maximum absolute atomic E-state index is 11.8. The fraction of sp³-hybridized carbons (Fsp3) is 0.500. The second kappa shape index (κ2) is 7.07. The van der Waals surface area contributed by atoms with E-state index in [0.717, 1.165) is 12.1 Å². The van der Waals surface area contributed by atoms with Crippen LogP contribution in [0.25, 0.3) is 0 Å². The third-order valence-corrected chi connectivity index (χ3v) is 2.72. The minimum Gasteiger partial charge on any atom is -0.350 e. The Morgan fingerprint density at radius 3 is 2.47 bits per heavy atom. The second-order valence-electron chi connectivity index (χ2n) is 4.36. The molecular formula is C14H22N2O. The van der Waals surface area contributed by atoms with Crippen molar-refractivity contribution in [1.29, 1.82) is 0 Å². The molecule has 3 nitrogen and oxygen atoms in total. The first-order valence-electron chi connectivity index (χ1n) is 6.21. The molecule has 3 heteroatoms. The Morgan fingerprint density at radius 1 is 1.24 bits per heavy atom. The van der Waals surface area contributed by atoms with Gasteiger partial charge in [-0.15, -0.1) is 0 Å². The van der Waals surface area contributed by atoms with Gasteiger partial charge in [0.15, 0.2) is 0 Å². The van der Waals surface area contributed by atoms with E-state index in [1.807, 2.05) is 51.1 Å². The zero-order valence-corrected chi connectivity index (χ0v) is 10.9. The summed E-state index contributed by atoms with van der Waals surface area (Å²) in [6.07, 6.45) is 0.519. The second-order valence-corrected chi connectivity index (χ2v) is 4.36. The monoisotopic (exact) mass is 234 g/mol. The molecule has 2 N–H and O–H groups in total. The number of hydrogen-bond acceptors (Lipinski definition) is 2. The average molecular weight is 234 g/mol. The number of benzene rings is 1. The third kappa shape index (κ3) is 5.00. The molecule has 1 unspecified atom stereocenters. The van der Waals surface area contributed by atoms with Crippen LogP contribution in [0, 0.1) is 0 Å². The van der Waals surface area contributed by atoms with Crippen molar-refractivity contribution in [3.8, 4) is 0 Å². The Kier molecular flexibility index (Phi) is 5.70. The standard InChI is InChI=1S/C14H22N2O/c1-4-15-11(2)10-14(17)16-12(3)13-8-6-5-7-9-13/h5-9,11-12,15H,4,10H2,1-3H3,(H,16,17)/t11?,12-/m1/s1. The van der Waals surface area contributed by atoms with E-state index < -0.39 is 0 Å². The molecule has 0 bridgehead atoms. The van der Waals surface area contributed by atoms with Gasteiger partial charge in [0, 0.05) is 12.5 Å². The molecule has 0 aliphatic carbocycles. The number of nitrogens with one attached hydrogen (secondary N) is 2. The smallest absolute Gasteiger partial charge is 0.222 e. The van der Waals surface area contributed by atoms with Gasteiger partial charge in [0.2, 0.25) is 5.91 Å². The molecule has 0 heterocycles. The van der Waals surface area contributed by atoms with Gasteiger partial charge in [-0.2, -0.15) is 0 Å². The highest BCUT2D eigenvalue weighted by Crippen LogP contribution is 2.11. The van der Waals surface area contributed by atoms with Gasteiger partial charge < -0.3 is 10.6 Å². The highest BCUT2D eigenvalue weighted by molar-refractivity contribution is 5.77. The molecule has 0 aliphatic rings. The van der Waals surface area contributed by atoms with E-state index in [-0.39, 0.29) is 18.0 Å². The van der Waals surface area contributed by atoms with E-state index in [4.69, 9.17) is 0 Å². The number of carbonyl (C=O) groups excluding carboxylic acids is 1. The Balaban J connectivity index is 2.41. The van der Waals surface area contributed by atoms with Crippen LogP contribution in [0.4, 0.5) is 0 Å². The largest absolute Gasteiger partial charge is 0.350 e. The third-order valence-electron chi connectivity index (χ3n) is 2.72. The fourth-order valence-corrected chi connectivity index (χ4v) is 1.82. The van der Waals surface area contributed by atoms with Crippen LogP contribution in [0.2, 0.25) is 0 Å². The predicted octanol–water partition coefficient (Wildman–Crippen LogP) is 2.25. The van der Waals surface area contributed by atoms with E-state index in [0.29, 0.717) is 6.42 Å². The van der Waals surface area contributed by atoms with Crippen molar-refractivity contribution < 1.29 is 4.79 Å². The maximum atomic E-state index is 11.8. The predicted molar refractivity (Wildman–Crippen MR) is 70.8 cm³/mol. The Bertz CT molecular complexity index is 337. The highest BCUT2D eigenvalue weighted by Gasteiger charge is 2.11. The Hall–Kier alpha value is -1.35. The van der Waals surface area contributed by atoms with Crippen LogP contribution in [-0.2, 0) is 4.79 Å². The summed E-state index contributed by atoms with van der Waals surface area (Å²) in [6.45, 7) is 6.96. The molecule has 1 rings (SSSR count). The van der Waals surface area contributed by atoms with Gasteiger partial charge in [-0.3, -0.25) is 4.79 Å².